The first-order valence-electron chi connectivity index (χ1n) is 8.41. The van der Waals surface area contributed by atoms with Crippen LogP contribution in [-0.4, -0.2) is 28.5 Å². The average Bonchev–Trinajstić information content (AvgIpc) is 3.03. The summed E-state index contributed by atoms with van der Waals surface area (Å²) in [6.07, 6.45) is 3.11. The Morgan fingerprint density at radius 3 is 2.85 bits per heavy atom. The third-order valence-electron chi connectivity index (χ3n) is 4.55. The number of nitrogens with one attached hydrogen (secondary N) is 2. The van der Waals surface area contributed by atoms with Gasteiger partial charge in [0.05, 0.1) is 12.1 Å². The molecule has 0 saturated heterocycles. The molecule has 6 nitrogen and oxygen atoms in total. The number of carbonyl (C=O) groups excluding carboxylic acids is 1. The van der Waals surface area contributed by atoms with E-state index in [1.807, 2.05) is 18.2 Å². The zero-order valence-electron chi connectivity index (χ0n) is 14.0. The third kappa shape index (κ3) is 3.21. The number of nitrogens with two attached hydrogens (primary N) is 1. The van der Waals surface area contributed by atoms with Crippen molar-refractivity contribution in [2.45, 2.75) is 18.9 Å². The highest BCUT2D eigenvalue weighted by Crippen LogP contribution is 2.29. The minimum atomic E-state index is -0.314. The number of fused-ring (bicyclic) bond motifs is 2. The lowest BCUT2D eigenvalue weighted by molar-refractivity contribution is -0.114. The highest BCUT2D eigenvalue weighted by molar-refractivity contribution is 5.92. The van der Waals surface area contributed by atoms with E-state index >= 15 is 0 Å². The minimum absolute atomic E-state index is 0.0430. The number of benzene rings is 2. The van der Waals surface area contributed by atoms with Crippen molar-refractivity contribution in [3.63, 3.8) is 0 Å². The van der Waals surface area contributed by atoms with Gasteiger partial charge >= 0.3 is 0 Å². The van der Waals surface area contributed by atoms with Gasteiger partial charge < -0.3 is 16.4 Å². The lowest BCUT2D eigenvalue weighted by Crippen LogP contribution is -2.21. The summed E-state index contributed by atoms with van der Waals surface area (Å²) in [7, 11) is 0. The van der Waals surface area contributed by atoms with Crippen LogP contribution in [0.2, 0.25) is 0 Å². The Balaban J connectivity index is 1.54. The Bertz CT molecular complexity index is 991. The van der Waals surface area contributed by atoms with Gasteiger partial charge in [0.25, 0.3) is 0 Å². The van der Waals surface area contributed by atoms with Crippen LogP contribution in [-0.2, 0) is 17.6 Å². The quantitative estimate of drug-likeness (QED) is 0.670. The van der Waals surface area contributed by atoms with Crippen LogP contribution in [0.15, 0.2) is 42.7 Å². The van der Waals surface area contributed by atoms with E-state index in [0.717, 1.165) is 18.5 Å². The van der Waals surface area contributed by atoms with Crippen molar-refractivity contribution in [1.82, 2.24) is 9.97 Å². The molecule has 2 aromatic carbocycles. The van der Waals surface area contributed by atoms with Crippen LogP contribution in [0.1, 0.15) is 11.1 Å². The van der Waals surface area contributed by atoms with Gasteiger partial charge in [-0.3, -0.25) is 4.79 Å². The number of rotatable bonds is 4. The molecule has 1 heterocycles. The summed E-state index contributed by atoms with van der Waals surface area (Å²) in [5, 5.41) is 6.84. The van der Waals surface area contributed by atoms with E-state index in [-0.39, 0.29) is 24.3 Å². The molecule has 0 bridgehead atoms. The van der Waals surface area contributed by atoms with Crippen LogP contribution >= 0.6 is 0 Å². The number of anilines is 2. The zero-order chi connectivity index (χ0) is 18.1. The highest BCUT2D eigenvalue weighted by atomic mass is 19.1. The summed E-state index contributed by atoms with van der Waals surface area (Å²) < 4.78 is 13.6. The molecule has 1 unspecified atom stereocenters. The van der Waals surface area contributed by atoms with E-state index < -0.39 is 0 Å². The van der Waals surface area contributed by atoms with Gasteiger partial charge in [0.15, 0.2) is 0 Å². The Morgan fingerprint density at radius 1 is 1.15 bits per heavy atom. The number of nitrogens with zero attached hydrogens (tertiary/aromatic N) is 2. The van der Waals surface area contributed by atoms with Crippen molar-refractivity contribution >= 4 is 28.3 Å². The summed E-state index contributed by atoms with van der Waals surface area (Å²) in [6.45, 7) is -0.0430. The largest absolute Gasteiger partial charge is 0.366 e. The molecule has 4 rings (SSSR count). The molecule has 26 heavy (non-hydrogen) atoms. The Labute approximate surface area is 149 Å². The SMILES string of the molecule is NCC(=O)Nc1ccc2c(c1)CC(Nc1ncnc3ccc(F)cc13)C2. The van der Waals surface area contributed by atoms with Gasteiger partial charge in [0.1, 0.15) is 18.0 Å². The molecule has 1 amide bonds. The van der Waals surface area contributed by atoms with Gasteiger partial charge in [-0.15, -0.1) is 0 Å². The number of hydrogen-bond acceptors (Lipinski definition) is 5. The smallest absolute Gasteiger partial charge is 0.238 e. The van der Waals surface area contributed by atoms with Gasteiger partial charge in [-0.1, -0.05) is 6.07 Å². The fraction of sp³-hybridized carbons (Fsp3) is 0.211. The maximum absolute atomic E-state index is 13.6. The second kappa shape index (κ2) is 6.68. The standard InChI is InChI=1S/C19H18FN5O/c20-13-2-4-17-16(8-13)19(23-10-22-17)25-15-5-11-1-3-14(6-12(11)7-15)24-18(26)9-21/h1-4,6,8,10,15H,5,7,9,21H2,(H,24,26)(H,22,23,25). The number of halogens is 1. The fourth-order valence-electron chi connectivity index (χ4n) is 3.35. The number of aromatic nitrogens is 2. The van der Waals surface area contributed by atoms with Crippen molar-refractivity contribution < 1.29 is 9.18 Å². The molecule has 132 valence electrons. The molecule has 1 aliphatic rings. The molecule has 1 aliphatic carbocycles. The number of carbonyl (C=O) groups is 1. The molecule has 1 atom stereocenters. The average molecular weight is 351 g/mol. The zero-order valence-corrected chi connectivity index (χ0v) is 14.0. The number of amides is 1. The summed E-state index contributed by atoms with van der Waals surface area (Å²) in [5.41, 5.74) is 9.17. The van der Waals surface area contributed by atoms with E-state index in [0.29, 0.717) is 16.7 Å². The Hall–Kier alpha value is -3.06. The topological polar surface area (TPSA) is 92.9 Å². The van der Waals surface area contributed by atoms with E-state index in [4.69, 9.17) is 5.73 Å². The Kier molecular flexibility index (Phi) is 4.22. The summed E-state index contributed by atoms with van der Waals surface area (Å²) in [5.74, 6) is 0.0985. The summed E-state index contributed by atoms with van der Waals surface area (Å²) in [4.78, 5) is 19.9. The second-order valence-corrected chi connectivity index (χ2v) is 6.37. The van der Waals surface area contributed by atoms with Crippen molar-refractivity contribution in [1.29, 1.82) is 0 Å². The van der Waals surface area contributed by atoms with Crippen LogP contribution in [0.25, 0.3) is 10.9 Å². The van der Waals surface area contributed by atoms with Crippen molar-refractivity contribution in [2.24, 2.45) is 5.73 Å². The number of hydrogen-bond donors (Lipinski definition) is 3. The molecule has 7 heteroatoms. The van der Waals surface area contributed by atoms with Crippen LogP contribution in [0.3, 0.4) is 0 Å². The molecular formula is C19H18FN5O. The molecule has 4 N–H and O–H groups in total. The van der Waals surface area contributed by atoms with Crippen LogP contribution in [0, 0.1) is 5.82 Å². The van der Waals surface area contributed by atoms with Crippen molar-refractivity contribution in [2.75, 3.05) is 17.2 Å². The monoisotopic (exact) mass is 351 g/mol. The van der Waals surface area contributed by atoms with Crippen molar-refractivity contribution in [3.8, 4) is 0 Å². The van der Waals surface area contributed by atoms with E-state index in [1.54, 1.807) is 6.07 Å². The van der Waals surface area contributed by atoms with Crippen LogP contribution in [0.4, 0.5) is 15.9 Å². The van der Waals surface area contributed by atoms with Crippen molar-refractivity contribution in [3.05, 3.63) is 59.7 Å². The van der Waals surface area contributed by atoms with E-state index in [1.165, 1.54) is 29.6 Å². The van der Waals surface area contributed by atoms with Gasteiger partial charge in [0, 0.05) is 17.1 Å². The first-order valence-corrected chi connectivity index (χ1v) is 8.41. The molecule has 1 aromatic heterocycles. The molecule has 0 aliphatic heterocycles. The lowest BCUT2D eigenvalue weighted by Gasteiger charge is -2.14. The predicted molar refractivity (Wildman–Crippen MR) is 98.4 cm³/mol. The molecule has 0 radical (unpaired) electrons. The fourth-order valence-corrected chi connectivity index (χ4v) is 3.35. The van der Waals surface area contributed by atoms with Gasteiger partial charge in [-0.2, -0.15) is 0 Å². The molecule has 0 spiro atoms. The third-order valence-corrected chi connectivity index (χ3v) is 4.55. The first kappa shape index (κ1) is 16.4. The summed E-state index contributed by atoms with van der Waals surface area (Å²) >= 11 is 0. The van der Waals surface area contributed by atoms with E-state index in [9.17, 15) is 9.18 Å². The van der Waals surface area contributed by atoms with Crippen LogP contribution in [0.5, 0.6) is 0 Å². The molecular weight excluding hydrogens is 333 g/mol. The predicted octanol–water partition coefficient (Wildman–Crippen LogP) is 2.25. The first-order chi connectivity index (χ1) is 12.6. The van der Waals surface area contributed by atoms with E-state index in [2.05, 4.69) is 20.6 Å². The normalized spacial score (nSPS) is 15.7. The lowest BCUT2D eigenvalue weighted by atomic mass is 10.1. The maximum atomic E-state index is 13.6. The Morgan fingerprint density at radius 2 is 2.00 bits per heavy atom. The minimum Gasteiger partial charge on any atom is -0.366 e. The highest BCUT2D eigenvalue weighted by Gasteiger charge is 2.23. The second-order valence-electron chi connectivity index (χ2n) is 6.37. The molecule has 0 saturated carbocycles. The summed E-state index contributed by atoms with van der Waals surface area (Å²) in [6, 6.07) is 10.5. The molecule has 3 aromatic rings. The van der Waals surface area contributed by atoms with Gasteiger partial charge in [0.2, 0.25) is 5.91 Å². The van der Waals surface area contributed by atoms with Gasteiger partial charge in [-0.25, -0.2) is 14.4 Å². The molecule has 0 fully saturated rings. The maximum Gasteiger partial charge on any atom is 0.238 e. The van der Waals surface area contributed by atoms with Crippen LogP contribution < -0.4 is 16.4 Å². The van der Waals surface area contributed by atoms with Gasteiger partial charge in [-0.05, 0) is 54.3 Å².